The molecule has 0 spiro atoms. The fourth-order valence-corrected chi connectivity index (χ4v) is 6.14. The molecule has 2 atom stereocenters. The second kappa shape index (κ2) is 9.86. The highest BCUT2D eigenvalue weighted by Gasteiger charge is 2.40. The predicted molar refractivity (Wildman–Crippen MR) is 120 cm³/mol. The Morgan fingerprint density at radius 2 is 1.67 bits per heavy atom. The van der Waals surface area contributed by atoms with Crippen molar-refractivity contribution in [2.45, 2.75) is 44.1 Å². The zero-order chi connectivity index (χ0) is 21.7. The third kappa shape index (κ3) is 4.83. The number of methoxy groups -OCH3 is 2. The van der Waals surface area contributed by atoms with E-state index in [-0.39, 0.29) is 6.10 Å². The summed E-state index contributed by atoms with van der Waals surface area (Å²) in [5.74, 6) is -0.368. The molecule has 0 heterocycles. The number of anilines is 1. The van der Waals surface area contributed by atoms with Crippen molar-refractivity contribution in [1.29, 1.82) is 0 Å². The van der Waals surface area contributed by atoms with Crippen LogP contribution >= 0.6 is 7.37 Å². The number of hydrogen-bond donors (Lipinski definition) is 1. The van der Waals surface area contributed by atoms with Gasteiger partial charge in [-0.05, 0) is 55.3 Å². The molecule has 0 amide bonds. The molecule has 1 saturated carbocycles. The van der Waals surface area contributed by atoms with Crippen LogP contribution in [-0.2, 0) is 9.09 Å². The van der Waals surface area contributed by atoms with Crippen molar-refractivity contribution in [1.82, 2.24) is 0 Å². The zero-order valence-corrected chi connectivity index (χ0v) is 19.1. The molecule has 7 heteroatoms. The number of ether oxygens (including phenoxy) is 2. The fourth-order valence-electron chi connectivity index (χ4n) is 3.83. The topological polar surface area (TPSA) is 68.2 Å². The Labute approximate surface area is 179 Å². The summed E-state index contributed by atoms with van der Waals surface area (Å²) in [4.78, 5) is 1.97. The lowest BCUT2D eigenvalue weighted by molar-refractivity contribution is 0.136. The smallest absolute Gasteiger partial charge is 0.264 e. The van der Waals surface area contributed by atoms with Gasteiger partial charge in [-0.2, -0.15) is 0 Å². The van der Waals surface area contributed by atoms with E-state index in [1.165, 1.54) is 7.11 Å². The maximum absolute atomic E-state index is 14.4. The van der Waals surface area contributed by atoms with Crippen molar-refractivity contribution < 1.29 is 23.7 Å². The highest BCUT2D eigenvalue weighted by Crippen LogP contribution is 2.61. The van der Waals surface area contributed by atoms with Crippen LogP contribution < -0.4 is 19.7 Å². The molecule has 1 fully saturated rings. The molecule has 0 saturated heterocycles. The van der Waals surface area contributed by atoms with E-state index in [9.17, 15) is 9.67 Å². The Hall–Kier alpha value is -2.01. The largest absolute Gasteiger partial charge is 0.497 e. The Morgan fingerprint density at radius 3 is 2.23 bits per heavy atom. The molecule has 30 heavy (non-hydrogen) atoms. The summed E-state index contributed by atoms with van der Waals surface area (Å²) in [6.07, 6.45) is 4.81. The summed E-state index contributed by atoms with van der Waals surface area (Å²) in [5, 5.41) is 11.9. The van der Waals surface area contributed by atoms with E-state index in [0.29, 0.717) is 22.4 Å². The Morgan fingerprint density at radius 1 is 1.00 bits per heavy atom. The van der Waals surface area contributed by atoms with Crippen LogP contribution in [0.3, 0.4) is 0 Å². The van der Waals surface area contributed by atoms with Crippen molar-refractivity contribution in [2.75, 3.05) is 33.2 Å². The molecule has 2 aromatic rings. The summed E-state index contributed by atoms with van der Waals surface area (Å²) in [5.41, 5.74) is 1.38. The van der Waals surface area contributed by atoms with E-state index < -0.39 is 13.2 Å². The van der Waals surface area contributed by atoms with E-state index in [4.69, 9.17) is 14.0 Å². The SMILES string of the molecule is COc1ccc(OC)c([C@@H](O)[P@](=O)(OC2CCCCC2)c2ccc(N(C)C)cc2)c1. The van der Waals surface area contributed by atoms with Crippen LogP contribution in [0.25, 0.3) is 0 Å². The molecule has 1 aliphatic carbocycles. The van der Waals surface area contributed by atoms with Crippen LogP contribution in [0.15, 0.2) is 42.5 Å². The number of benzene rings is 2. The standard InChI is InChI=1S/C23H32NO5P/c1-24(2)17-10-13-20(14-11-17)30(26,29-18-8-6-5-7-9-18)23(25)21-16-19(27-3)12-15-22(21)28-4/h10-16,18,23,25H,5-9H2,1-4H3/t23-,30+/m0/s1. The molecule has 0 aliphatic heterocycles. The van der Waals surface area contributed by atoms with Crippen molar-refractivity contribution in [3.8, 4) is 11.5 Å². The van der Waals surface area contributed by atoms with Gasteiger partial charge in [0.25, 0.3) is 7.37 Å². The Bertz CT molecular complexity index is 878. The summed E-state index contributed by atoms with van der Waals surface area (Å²) < 4.78 is 31.4. The van der Waals surface area contributed by atoms with Crippen LogP contribution in [0.4, 0.5) is 5.69 Å². The molecule has 6 nitrogen and oxygen atoms in total. The lowest BCUT2D eigenvalue weighted by atomic mass is 9.98. The van der Waals surface area contributed by atoms with E-state index in [2.05, 4.69) is 0 Å². The molecular formula is C23H32NO5P. The zero-order valence-electron chi connectivity index (χ0n) is 18.2. The van der Waals surface area contributed by atoms with Gasteiger partial charge in [-0.15, -0.1) is 0 Å². The number of aliphatic hydroxyl groups is 1. The van der Waals surface area contributed by atoms with E-state index >= 15 is 0 Å². The first kappa shape index (κ1) is 22.7. The first-order valence-corrected chi connectivity index (χ1v) is 12.0. The average Bonchev–Trinajstić information content (AvgIpc) is 2.78. The quantitative estimate of drug-likeness (QED) is 0.608. The minimum atomic E-state index is -3.67. The van der Waals surface area contributed by atoms with Gasteiger partial charge in [0.15, 0.2) is 5.85 Å². The van der Waals surface area contributed by atoms with E-state index in [0.717, 1.165) is 37.8 Å². The molecule has 164 valence electrons. The van der Waals surface area contributed by atoms with Crippen molar-refractivity contribution in [3.05, 3.63) is 48.0 Å². The molecule has 0 radical (unpaired) electrons. The molecular weight excluding hydrogens is 401 g/mol. The van der Waals surface area contributed by atoms with Crippen LogP contribution in [0.2, 0.25) is 0 Å². The number of aliphatic hydroxyl groups excluding tert-OH is 1. The van der Waals surface area contributed by atoms with Crippen LogP contribution in [0, 0.1) is 0 Å². The maximum atomic E-state index is 14.4. The molecule has 2 aromatic carbocycles. The number of nitrogens with zero attached hydrogens (tertiary/aromatic N) is 1. The van der Waals surface area contributed by atoms with Gasteiger partial charge in [0.05, 0.1) is 20.3 Å². The van der Waals surface area contributed by atoms with Crippen molar-refractivity contribution in [2.24, 2.45) is 0 Å². The fraction of sp³-hybridized carbons (Fsp3) is 0.478. The summed E-state index contributed by atoms with van der Waals surface area (Å²) in [7, 11) is 3.30. The third-order valence-electron chi connectivity index (χ3n) is 5.62. The Kier molecular flexibility index (Phi) is 7.45. The van der Waals surface area contributed by atoms with Gasteiger partial charge in [0, 0.05) is 30.7 Å². The lowest BCUT2D eigenvalue weighted by Gasteiger charge is -2.31. The minimum Gasteiger partial charge on any atom is -0.497 e. The summed E-state index contributed by atoms with van der Waals surface area (Å²) in [6.45, 7) is 0. The maximum Gasteiger partial charge on any atom is 0.264 e. The lowest BCUT2D eigenvalue weighted by Crippen LogP contribution is -2.22. The van der Waals surface area contributed by atoms with Gasteiger partial charge in [-0.3, -0.25) is 4.57 Å². The molecule has 0 unspecified atom stereocenters. The normalized spacial score (nSPS) is 17.8. The molecule has 1 N–H and O–H groups in total. The van der Waals surface area contributed by atoms with Gasteiger partial charge in [0.2, 0.25) is 0 Å². The highest BCUT2D eigenvalue weighted by atomic mass is 31.2. The highest BCUT2D eigenvalue weighted by molar-refractivity contribution is 7.67. The summed E-state index contributed by atoms with van der Waals surface area (Å²) >= 11 is 0. The van der Waals surface area contributed by atoms with E-state index in [1.807, 2.05) is 31.1 Å². The van der Waals surface area contributed by atoms with Crippen LogP contribution in [-0.4, -0.2) is 39.5 Å². The first-order chi connectivity index (χ1) is 14.4. The molecule has 0 aromatic heterocycles. The van der Waals surface area contributed by atoms with Gasteiger partial charge < -0.3 is 24.0 Å². The van der Waals surface area contributed by atoms with Gasteiger partial charge in [-0.1, -0.05) is 19.3 Å². The van der Waals surface area contributed by atoms with Crippen LogP contribution in [0.5, 0.6) is 11.5 Å². The molecule has 1 aliphatic rings. The van der Waals surface area contributed by atoms with Crippen molar-refractivity contribution >= 4 is 18.4 Å². The average molecular weight is 433 g/mol. The Balaban J connectivity index is 2.05. The first-order valence-electron chi connectivity index (χ1n) is 10.3. The minimum absolute atomic E-state index is 0.135. The second-order valence-corrected chi connectivity index (χ2v) is 10.3. The van der Waals surface area contributed by atoms with Gasteiger partial charge in [-0.25, -0.2) is 0 Å². The third-order valence-corrected chi connectivity index (χ3v) is 8.17. The number of hydrogen-bond acceptors (Lipinski definition) is 6. The second-order valence-electron chi connectivity index (χ2n) is 7.85. The predicted octanol–water partition coefficient (Wildman–Crippen LogP) is 4.71. The van der Waals surface area contributed by atoms with Crippen molar-refractivity contribution in [3.63, 3.8) is 0 Å². The molecule has 0 bridgehead atoms. The van der Waals surface area contributed by atoms with E-state index in [1.54, 1.807) is 37.4 Å². The monoisotopic (exact) mass is 433 g/mol. The number of rotatable bonds is 8. The van der Waals surface area contributed by atoms with Crippen LogP contribution in [0.1, 0.15) is 43.5 Å². The van der Waals surface area contributed by atoms with Gasteiger partial charge >= 0.3 is 0 Å². The molecule has 3 rings (SSSR count). The summed E-state index contributed by atoms with van der Waals surface area (Å²) in [6, 6.07) is 12.5. The van der Waals surface area contributed by atoms with Gasteiger partial charge in [0.1, 0.15) is 11.5 Å².